The molecule has 0 radical (unpaired) electrons. The van der Waals surface area contributed by atoms with E-state index in [4.69, 9.17) is 19.6 Å². The Kier molecular flexibility index (Phi) is 13.1. The molecule has 17 atom stereocenters. The molecule has 15 rings (SSSR count). The van der Waals surface area contributed by atoms with Crippen molar-refractivity contribution >= 4 is 16.9 Å². The molecule has 17 unspecified atom stereocenters. The van der Waals surface area contributed by atoms with E-state index in [1.807, 2.05) is 31.2 Å². The number of carbonyl (C=O) groups is 1. The van der Waals surface area contributed by atoms with E-state index in [1.54, 1.807) is 25.1 Å². The highest BCUT2D eigenvalue weighted by Crippen LogP contribution is 2.69. The molecule has 3 aromatic carbocycles. The van der Waals surface area contributed by atoms with E-state index in [0.717, 1.165) is 52.8 Å². The zero-order valence-corrected chi connectivity index (χ0v) is 48.4. The molecule has 12 N–H and O–H groups in total. The van der Waals surface area contributed by atoms with E-state index in [0.29, 0.717) is 68.4 Å². The van der Waals surface area contributed by atoms with Crippen LogP contribution in [0.1, 0.15) is 153 Å². The number of fused-ring (bicyclic) bond motifs is 13. The van der Waals surface area contributed by atoms with Crippen molar-refractivity contribution in [1.82, 2.24) is 16.0 Å². The lowest BCUT2D eigenvalue weighted by atomic mass is 9.51. The molecular weight excluding hydrogens is 1080 g/mol. The van der Waals surface area contributed by atoms with Crippen molar-refractivity contribution in [3.63, 3.8) is 0 Å². The van der Waals surface area contributed by atoms with E-state index in [2.05, 4.69) is 47.3 Å². The van der Waals surface area contributed by atoms with Gasteiger partial charge >= 0.3 is 5.97 Å². The van der Waals surface area contributed by atoms with Gasteiger partial charge in [0.2, 0.25) is 0 Å². The van der Waals surface area contributed by atoms with Crippen molar-refractivity contribution in [1.29, 1.82) is 0 Å². The van der Waals surface area contributed by atoms with Crippen LogP contribution in [0.5, 0.6) is 17.2 Å². The molecule has 85 heavy (non-hydrogen) atoms. The first-order chi connectivity index (χ1) is 41.1. The largest absolute Gasteiger partial charge is 0.508 e. The monoisotopic (exact) mass is 1150 g/mol. The number of esters is 1. The zero-order chi connectivity index (χ0) is 58.7. The second-order valence-electron chi connectivity index (χ2n) is 26.8. The maximum Gasteiger partial charge on any atom is 0.337 e. The molecular formula is C69H78N4O12. The number of hydrogen-bond donors (Lipinski definition) is 11. The molecule has 6 bridgehead atoms. The van der Waals surface area contributed by atoms with Crippen molar-refractivity contribution in [2.75, 3.05) is 19.7 Å². The van der Waals surface area contributed by atoms with E-state index in [9.17, 15) is 40.5 Å². The second-order valence-corrected chi connectivity index (χ2v) is 26.8. The van der Waals surface area contributed by atoms with E-state index >= 15 is 4.79 Å². The van der Waals surface area contributed by atoms with Crippen molar-refractivity contribution in [2.24, 2.45) is 47.2 Å². The van der Waals surface area contributed by atoms with Gasteiger partial charge in [0, 0.05) is 54.1 Å². The number of carbonyl (C=O) groups excluding carboxylic acids is 1. The van der Waals surface area contributed by atoms with Crippen molar-refractivity contribution in [2.45, 2.75) is 157 Å². The highest BCUT2D eigenvalue weighted by Gasteiger charge is 2.64. The van der Waals surface area contributed by atoms with Gasteiger partial charge in [-0.3, -0.25) is 10.1 Å². The first kappa shape index (κ1) is 55.0. The number of benzene rings is 3. The van der Waals surface area contributed by atoms with Crippen LogP contribution in [0.3, 0.4) is 0 Å². The molecule has 16 heteroatoms. The minimum atomic E-state index is -1.63. The fourth-order valence-corrected chi connectivity index (χ4v) is 19.6. The molecule has 3 saturated carbocycles. The third-order valence-electron chi connectivity index (χ3n) is 23.0. The van der Waals surface area contributed by atoms with Crippen LogP contribution in [0.25, 0.3) is 11.0 Å². The van der Waals surface area contributed by atoms with Gasteiger partial charge in [-0.2, -0.15) is 0 Å². The van der Waals surface area contributed by atoms with Gasteiger partial charge < -0.3 is 66.0 Å². The summed E-state index contributed by atoms with van der Waals surface area (Å²) < 4.78 is 21.8. The lowest BCUT2D eigenvalue weighted by Gasteiger charge is -2.55. The Morgan fingerprint density at radius 3 is 2.55 bits per heavy atom. The number of aryl methyl sites for hydroxylation is 1. The second kappa shape index (κ2) is 20.2. The fourth-order valence-electron chi connectivity index (χ4n) is 19.6. The summed E-state index contributed by atoms with van der Waals surface area (Å²) in [5, 5.41) is 94.6. The van der Waals surface area contributed by atoms with Crippen LogP contribution >= 0.6 is 0 Å². The number of aliphatic hydroxyl groups excluding tert-OH is 4. The van der Waals surface area contributed by atoms with Crippen LogP contribution in [-0.4, -0.2) is 91.0 Å². The smallest absolute Gasteiger partial charge is 0.337 e. The van der Waals surface area contributed by atoms with Gasteiger partial charge in [-0.25, -0.2) is 4.79 Å². The molecule has 7 aliphatic carbocycles. The molecule has 446 valence electrons. The molecule has 4 aliphatic heterocycles. The van der Waals surface area contributed by atoms with Gasteiger partial charge in [0.25, 0.3) is 0 Å². The molecule has 16 nitrogen and oxygen atoms in total. The van der Waals surface area contributed by atoms with E-state index in [1.165, 1.54) is 22.8 Å². The van der Waals surface area contributed by atoms with Crippen LogP contribution < -0.4 is 31.8 Å². The molecule has 11 aliphatic rings. The number of aromatic hydroxyl groups is 2. The Labute approximate surface area is 493 Å². The fraction of sp³-hybridized carbons (Fsp3) is 0.507. The number of rotatable bonds is 7. The van der Waals surface area contributed by atoms with Gasteiger partial charge in [0.05, 0.1) is 30.6 Å². The predicted octanol–water partition coefficient (Wildman–Crippen LogP) is 7.55. The maximum absolute atomic E-state index is 16.2. The number of hydrogen-bond acceptors (Lipinski definition) is 16. The average molecular weight is 1160 g/mol. The molecule has 4 aromatic rings. The molecule has 5 heterocycles. The van der Waals surface area contributed by atoms with Gasteiger partial charge in [-0.1, -0.05) is 55.0 Å². The van der Waals surface area contributed by atoms with Gasteiger partial charge in [-0.05, 0) is 200 Å². The lowest BCUT2D eigenvalue weighted by Crippen LogP contribution is -2.59. The lowest BCUT2D eigenvalue weighted by molar-refractivity contribution is -0.172. The van der Waals surface area contributed by atoms with E-state index in [-0.39, 0.29) is 106 Å². The summed E-state index contributed by atoms with van der Waals surface area (Å²) in [6.07, 6.45) is 13.3. The average Bonchev–Trinajstić information content (AvgIpc) is 1.72. The van der Waals surface area contributed by atoms with Crippen molar-refractivity contribution in [3.8, 4) is 17.2 Å². The van der Waals surface area contributed by atoms with Crippen LogP contribution in [0.2, 0.25) is 0 Å². The number of aliphatic hydroxyl groups is 5. The topological polar surface area (TPSA) is 269 Å². The molecule has 3 fully saturated rings. The van der Waals surface area contributed by atoms with Crippen LogP contribution in [0.4, 0.5) is 0 Å². The highest BCUT2D eigenvalue weighted by atomic mass is 16.6. The zero-order valence-electron chi connectivity index (χ0n) is 48.4. The summed E-state index contributed by atoms with van der Waals surface area (Å²) in [4.78, 5) is 30.9. The highest BCUT2D eigenvalue weighted by molar-refractivity contribution is 5.93. The van der Waals surface area contributed by atoms with Crippen molar-refractivity contribution < 1.29 is 54.4 Å². The van der Waals surface area contributed by atoms with Gasteiger partial charge in [0.1, 0.15) is 63.7 Å². The molecule has 0 spiro atoms. The number of nitrogens with one attached hydrogen (secondary N) is 3. The minimum absolute atomic E-state index is 0.0102. The number of phenols is 2. The quantitative estimate of drug-likeness (QED) is 0.0484. The number of nitrogens with two attached hydrogens (primary N) is 1. The predicted molar refractivity (Wildman–Crippen MR) is 317 cm³/mol. The Hall–Kier alpha value is -6.66. The van der Waals surface area contributed by atoms with Crippen LogP contribution in [0.15, 0.2) is 121 Å². The Morgan fingerprint density at radius 2 is 1.75 bits per heavy atom. The molecule has 0 saturated heterocycles. The normalized spacial score (nSPS) is 36.4. The Morgan fingerprint density at radius 1 is 0.929 bits per heavy atom. The number of phenolic OH excluding ortho intramolecular Hbond substituents is 2. The Bertz CT molecular complexity index is 3760. The third-order valence-corrected chi connectivity index (χ3v) is 23.0. The summed E-state index contributed by atoms with van der Waals surface area (Å²) in [5.74, 6) is -3.84. The maximum atomic E-state index is 16.2. The van der Waals surface area contributed by atoms with Gasteiger partial charge in [0.15, 0.2) is 5.43 Å². The van der Waals surface area contributed by atoms with Crippen molar-refractivity contribution in [3.05, 3.63) is 167 Å². The minimum Gasteiger partial charge on any atom is -0.508 e. The summed E-state index contributed by atoms with van der Waals surface area (Å²) in [5.41, 5.74) is 14.4. The molecule has 0 amide bonds. The summed E-state index contributed by atoms with van der Waals surface area (Å²) in [7, 11) is 0. The Balaban J connectivity index is 0.928. The number of likely N-dealkylation sites (N-methyl/N-ethyl adjacent to an activating group) is 1. The number of dihydropyridines is 2. The first-order valence-corrected chi connectivity index (χ1v) is 31.3. The van der Waals surface area contributed by atoms with Crippen LogP contribution in [0, 0.1) is 41.4 Å². The number of allylic oxidation sites excluding steroid dienone is 6. The summed E-state index contributed by atoms with van der Waals surface area (Å²) >= 11 is 0. The van der Waals surface area contributed by atoms with Crippen LogP contribution in [-0.2, 0) is 29.0 Å². The first-order valence-electron chi connectivity index (χ1n) is 31.3. The number of ether oxygens (including phenoxy) is 2. The van der Waals surface area contributed by atoms with Gasteiger partial charge in [-0.15, -0.1) is 0 Å². The summed E-state index contributed by atoms with van der Waals surface area (Å²) in [6.45, 7) is 5.91. The standard InChI is InChI=1S/C69H78N4O12/c1-4-49(69(82)27-34-20-51(69)42-16-12-33-19-37(77)24-46-55(33)59(42)56-39(34)7-6-8-44(56)62(46)79)67(81)84-53-26-47-63(80)60-52(78)25-38(29-74)83-65(60)61-57-43-17-18-72-66(70)58(43)41(15-10-31-9-13-36(76)23-45(31)48(57)30-75)40-14-11-32-22-54(71-5-2)73-28-35(32)21-50(40)68(53,3)85-64(47)61/h4,6-9,13,17,19,22-23,25,28,34,37,40-42,46,48,50-51,53-55,57,59,62,71-77,79-80,82H,5,10-12,14-16,18,20-21,24,26-27,29-30,70H2,1-3H3. The van der Waals surface area contributed by atoms with E-state index < -0.39 is 77.6 Å². The third kappa shape index (κ3) is 8.06. The molecule has 1 aromatic heterocycles. The SMILES string of the molecule is CC=C(C(=O)OC1Cc2c3c(c4oc(CO)cc(=O)c4c2O)C2C4=CCNC(N)=C4C(CCc4ccc(O)cc4C2CO)C2CCC4=CC(NCC)NC=C4CC2C1(C)O3)C1(O)CC2CC1C1CCC3=CC(O)CC4C(O)c5cccc2c5C1C34. The summed E-state index contributed by atoms with van der Waals surface area (Å²) in [6, 6.07) is 12.7.